The number of nitrogens with zero attached hydrogens (tertiary/aromatic N) is 1. The molecule has 0 fully saturated rings. The molecule has 0 spiro atoms. The van der Waals surface area contributed by atoms with Gasteiger partial charge < -0.3 is 25.0 Å². The molecule has 3 amide bonds. The minimum absolute atomic E-state index is 0.0258. The lowest BCUT2D eigenvalue weighted by Gasteiger charge is -2.35. The van der Waals surface area contributed by atoms with Crippen molar-refractivity contribution in [3.8, 4) is 0 Å². The molecule has 1 aromatic rings. The van der Waals surface area contributed by atoms with E-state index in [2.05, 4.69) is 10.6 Å². The molecule has 9 nitrogen and oxygen atoms in total. The van der Waals surface area contributed by atoms with Gasteiger partial charge >= 0.3 is 12.1 Å². The van der Waals surface area contributed by atoms with Crippen LogP contribution in [-0.2, 0) is 23.9 Å². The van der Waals surface area contributed by atoms with Crippen LogP contribution in [0.1, 0.15) is 84.9 Å². The molecule has 0 heterocycles. The highest BCUT2D eigenvalue weighted by Gasteiger charge is 2.36. The van der Waals surface area contributed by atoms with E-state index in [0.717, 1.165) is 5.56 Å². The molecule has 2 N–H and O–H groups in total. The average molecular weight is 520 g/mol. The van der Waals surface area contributed by atoms with E-state index in [-0.39, 0.29) is 31.4 Å². The zero-order chi connectivity index (χ0) is 28.2. The number of ether oxygens (including phenoxy) is 2. The van der Waals surface area contributed by atoms with Gasteiger partial charge in [-0.2, -0.15) is 0 Å². The Balaban J connectivity index is 3.35. The van der Waals surface area contributed by atoms with Crippen molar-refractivity contribution in [3.05, 3.63) is 35.4 Å². The molecule has 2 atom stereocenters. The van der Waals surface area contributed by atoms with Crippen molar-refractivity contribution in [3.63, 3.8) is 0 Å². The van der Waals surface area contributed by atoms with E-state index in [1.54, 1.807) is 27.7 Å². The monoisotopic (exact) mass is 519 g/mol. The minimum Gasteiger partial charge on any atom is -0.466 e. The van der Waals surface area contributed by atoms with Crippen LogP contribution < -0.4 is 10.6 Å². The Morgan fingerprint density at radius 3 is 2.24 bits per heavy atom. The van der Waals surface area contributed by atoms with E-state index in [9.17, 15) is 19.2 Å². The summed E-state index contributed by atoms with van der Waals surface area (Å²) in [6.45, 7) is 15.4. The van der Waals surface area contributed by atoms with Crippen LogP contribution in [0.15, 0.2) is 24.3 Å². The summed E-state index contributed by atoms with van der Waals surface area (Å²) in [4.78, 5) is 53.4. The van der Waals surface area contributed by atoms with Crippen LogP contribution >= 0.6 is 0 Å². The molecule has 9 heteroatoms. The Kier molecular flexibility index (Phi) is 13.1. The lowest BCUT2D eigenvalue weighted by Crippen LogP contribution is -2.53. The lowest BCUT2D eigenvalue weighted by molar-refractivity contribution is -0.144. The molecule has 0 bridgehead atoms. The third-order valence-corrected chi connectivity index (χ3v) is 5.42. The Bertz CT molecular complexity index is 909. The molecule has 0 aliphatic carbocycles. The summed E-state index contributed by atoms with van der Waals surface area (Å²) < 4.78 is 10.3. The van der Waals surface area contributed by atoms with Crippen LogP contribution in [0.4, 0.5) is 4.79 Å². The van der Waals surface area contributed by atoms with Gasteiger partial charge in [0.05, 0.1) is 13.0 Å². The zero-order valence-corrected chi connectivity index (χ0v) is 23.7. The Morgan fingerprint density at radius 2 is 1.70 bits per heavy atom. The summed E-state index contributed by atoms with van der Waals surface area (Å²) in [5, 5.41) is 5.53. The summed E-state index contributed by atoms with van der Waals surface area (Å²) in [6, 6.07) is 5.57. The highest BCUT2D eigenvalue weighted by Crippen LogP contribution is 2.26. The summed E-state index contributed by atoms with van der Waals surface area (Å²) in [5.74, 6) is -1.07. The van der Waals surface area contributed by atoms with Gasteiger partial charge in [0.1, 0.15) is 17.7 Å². The molecular weight excluding hydrogens is 474 g/mol. The van der Waals surface area contributed by atoms with Gasteiger partial charge in [-0.3, -0.25) is 14.4 Å². The first-order valence-corrected chi connectivity index (χ1v) is 13.1. The van der Waals surface area contributed by atoms with Crippen molar-refractivity contribution in [2.75, 3.05) is 19.7 Å². The number of carbonyl (C=O) groups is 4. The second kappa shape index (κ2) is 15.2. The molecular formula is C28H45N3O6. The minimum atomic E-state index is -0.939. The van der Waals surface area contributed by atoms with E-state index in [4.69, 9.17) is 9.47 Å². The van der Waals surface area contributed by atoms with Gasteiger partial charge in [0.25, 0.3) is 0 Å². The number of rotatable bonds is 13. The maximum absolute atomic E-state index is 14.0. The standard InChI is InChI=1S/C28H45N3O6/c1-9-17-31(26(34)22(18-19(3)4)30-27(35)37-28(6,7)8)24(21-14-12-11-13-20(21)5)25(33)29-16-15-23(32)36-10-2/h11-14,19,22,24H,9-10,15-18H2,1-8H3,(H,29,33)(H,30,35). The van der Waals surface area contributed by atoms with E-state index in [1.165, 1.54) is 4.90 Å². The van der Waals surface area contributed by atoms with E-state index in [0.29, 0.717) is 24.9 Å². The fourth-order valence-electron chi connectivity index (χ4n) is 3.91. The topological polar surface area (TPSA) is 114 Å². The fraction of sp³-hybridized carbons (Fsp3) is 0.643. The quantitative estimate of drug-likeness (QED) is 0.376. The number of benzene rings is 1. The molecule has 208 valence electrons. The van der Waals surface area contributed by atoms with Gasteiger partial charge in [0.2, 0.25) is 11.8 Å². The van der Waals surface area contributed by atoms with Crippen LogP contribution in [-0.4, -0.2) is 60.1 Å². The number of nitrogens with one attached hydrogen (secondary N) is 2. The van der Waals surface area contributed by atoms with Crippen LogP contribution in [0.25, 0.3) is 0 Å². The molecule has 0 aromatic heterocycles. The first kappa shape index (κ1) is 31.9. The van der Waals surface area contributed by atoms with Gasteiger partial charge in [0, 0.05) is 13.1 Å². The van der Waals surface area contributed by atoms with E-state index in [1.807, 2.05) is 52.0 Å². The van der Waals surface area contributed by atoms with Crippen molar-refractivity contribution in [2.45, 2.75) is 92.3 Å². The van der Waals surface area contributed by atoms with Crippen LogP contribution in [0.2, 0.25) is 0 Å². The van der Waals surface area contributed by atoms with Gasteiger partial charge in [0.15, 0.2) is 0 Å². The largest absolute Gasteiger partial charge is 0.466 e. The Labute approximate surface area is 221 Å². The molecule has 0 aliphatic heterocycles. The molecule has 1 aromatic carbocycles. The Morgan fingerprint density at radius 1 is 1.05 bits per heavy atom. The number of amides is 3. The third kappa shape index (κ3) is 11.2. The first-order valence-electron chi connectivity index (χ1n) is 13.1. The number of aryl methyl sites for hydroxylation is 1. The van der Waals surface area contributed by atoms with Gasteiger partial charge in [-0.1, -0.05) is 45.0 Å². The normalized spacial score (nSPS) is 12.9. The number of alkyl carbamates (subject to hydrolysis) is 1. The van der Waals surface area contributed by atoms with Crippen molar-refractivity contribution in [2.24, 2.45) is 5.92 Å². The first-order chi connectivity index (χ1) is 17.3. The smallest absolute Gasteiger partial charge is 0.408 e. The summed E-state index contributed by atoms with van der Waals surface area (Å²) in [7, 11) is 0. The summed E-state index contributed by atoms with van der Waals surface area (Å²) in [5.41, 5.74) is 0.808. The molecule has 0 aliphatic rings. The Hall–Kier alpha value is -3.10. The fourth-order valence-corrected chi connectivity index (χ4v) is 3.91. The van der Waals surface area contributed by atoms with Crippen molar-refractivity contribution in [1.82, 2.24) is 15.5 Å². The SMILES string of the molecule is CCCN(C(=O)C(CC(C)C)NC(=O)OC(C)(C)C)C(C(=O)NCCC(=O)OCC)c1ccccc1C. The zero-order valence-electron chi connectivity index (χ0n) is 23.7. The van der Waals surface area contributed by atoms with Crippen molar-refractivity contribution >= 4 is 23.9 Å². The second-order valence-corrected chi connectivity index (χ2v) is 10.5. The van der Waals surface area contributed by atoms with Gasteiger partial charge in [-0.05, 0) is 64.5 Å². The maximum Gasteiger partial charge on any atom is 0.408 e. The van der Waals surface area contributed by atoms with Crippen molar-refractivity contribution in [1.29, 1.82) is 0 Å². The molecule has 0 saturated carbocycles. The number of carbonyl (C=O) groups excluding carboxylic acids is 4. The lowest BCUT2D eigenvalue weighted by atomic mass is 9.96. The number of hydrogen-bond donors (Lipinski definition) is 2. The predicted molar refractivity (Wildman–Crippen MR) is 143 cm³/mol. The highest BCUT2D eigenvalue weighted by molar-refractivity contribution is 5.92. The number of esters is 1. The van der Waals surface area contributed by atoms with Crippen LogP contribution in [0.3, 0.4) is 0 Å². The van der Waals surface area contributed by atoms with Crippen molar-refractivity contribution < 1.29 is 28.7 Å². The van der Waals surface area contributed by atoms with E-state index < -0.39 is 35.7 Å². The summed E-state index contributed by atoms with van der Waals surface area (Å²) >= 11 is 0. The molecule has 0 radical (unpaired) electrons. The third-order valence-electron chi connectivity index (χ3n) is 5.42. The predicted octanol–water partition coefficient (Wildman–Crippen LogP) is 4.28. The summed E-state index contributed by atoms with van der Waals surface area (Å²) in [6.07, 6.45) is 0.320. The average Bonchev–Trinajstić information content (AvgIpc) is 2.77. The van der Waals surface area contributed by atoms with Crippen LogP contribution in [0.5, 0.6) is 0 Å². The highest BCUT2D eigenvalue weighted by atomic mass is 16.6. The molecule has 2 unspecified atom stereocenters. The molecule has 37 heavy (non-hydrogen) atoms. The van der Waals surface area contributed by atoms with Gasteiger partial charge in [-0.15, -0.1) is 0 Å². The second-order valence-electron chi connectivity index (χ2n) is 10.5. The van der Waals surface area contributed by atoms with E-state index >= 15 is 0 Å². The number of hydrogen-bond acceptors (Lipinski definition) is 6. The molecule has 1 rings (SSSR count). The van der Waals surface area contributed by atoms with Gasteiger partial charge in [-0.25, -0.2) is 4.79 Å². The molecule has 0 saturated heterocycles. The maximum atomic E-state index is 14.0. The van der Waals surface area contributed by atoms with Crippen LogP contribution in [0, 0.1) is 12.8 Å².